The zero-order chi connectivity index (χ0) is 14.6. The van der Waals surface area contributed by atoms with E-state index >= 15 is 0 Å². The van der Waals surface area contributed by atoms with Crippen LogP contribution in [0.1, 0.15) is 35.7 Å². The predicted molar refractivity (Wildman–Crippen MR) is 87.7 cm³/mol. The summed E-state index contributed by atoms with van der Waals surface area (Å²) < 4.78 is 2.53. The van der Waals surface area contributed by atoms with Crippen molar-refractivity contribution in [1.82, 2.24) is 9.55 Å². The van der Waals surface area contributed by atoms with Crippen molar-refractivity contribution in [2.75, 3.05) is 0 Å². The molecule has 0 aliphatic heterocycles. The van der Waals surface area contributed by atoms with Crippen molar-refractivity contribution < 1.29 is 0 Å². The van der Waals surface area contributed by atoms with Gasteiger partial charge in [-0.1, -0.05) is 30.3 Å². The first-order chi connectivity index (χ1) is 10.2. The second-order valence-electron chi connectivity index (χ2n) is 6.19. The number of hydrogen-bond acceptors (Lipinski definition) is 1. The van der Waals surface area contributed by atoms with Crippen LogP contribution in [0.25, 0.3) is 22.2 Å². The number of benzene rings is 1. The molecular weight excluding hydrogens is 256 g/mol. The van der Waals surface area contributed by atoms with Crippen molar-refractivity contribution in [1.29, 1.82) is 0 Å². The lowest BCUT2D eigenvalue weighted by atomic mass is 10.0. The first kappa shape index (κ1) is 12.6. The molecule has 2 heteroatoms. The van der Waals surface area contributed by atoms with Crippen LogP contribution in [0.4, 0.5) is 0 Å². The molecule has 1 fully saturated rings. The lowest BCUT2D eigenvalue weighted by molar-refractivity contribution is 0.745. The highest BCUT2D eigenvalue weighted by atomic mass is 15.1. The van der Waals surface area contributed by atoms with Crippen molar-refractivity contribution in [2.24, 2.45) is 0 Å². The Morgan fingerprint density at radius 1 is 1.05 bits per heavy atom. The third-order valence-corrected chi connectivity index (χ3v) is 4.72. The summed E-state index contributed by atoms with van der Waals surface area (Å²) in [6, 6.07) is 11.2. The summed E-state index contributed by atoms with van der Waals surface area (Å²) in [5, 5.41) is 1.40. The molecule has 1 aliphatic rings. The van der Waals surface area contributed by atoms with Gasteiger partial charge < -0.3 is 4.57 Å². The second kappa shape index (κ2) is 4.45. The molecule has 1 saturated carbocycles. The van der Waals surface area contributed by atoms with Gasteiger partial charge in [0.05, 0.1) is 11.2 Å². The molecule has 0 bridgehead atoms. The minimum Gasteiger partial charge on any atom is -0.340 e. The van der Waals surface area contributed by atoms with Gasteiger partial charge in [-0.2, -0.15) is 0 Å². The zero-order valence-electron chi connectivity index (χ0n) is 12.9. The van der Waals surface area contributed by atoms with Crippen LogP contribution >= 0.6 is 0 Å². The molecule has 0 spiro atoms. The Hall–Kier alpha value is -2.09. The largest absolute Gasteiger partial charge is 0.340 e. The van der Waals surface area contributed by atoms with Gasteiger partial charge in [-0.15, -0.1) is 0 Å². The highest BCUT2D eigenvalue weighted by Gasteiger charge is 2.29. The van der Waals surface area contributed by atoms with Gasteiger partial charge in [-0.05, 0) is 44.7 Å². The fourth-order valence-corrected chi connectivity index (χ4v) is 3.43. The Kier molecular flexibility index (Phi) is 2.68. The van der Waals surface area contributed by atoms with Gasteiger partial charge in [0, 0.05) is 28.9 Å². The van der Waals surface area contributed by atoms with Gasteiger partial charge >= 0.3 is 0 Å². The lowest BCUT2D eigenvalue weighted by Crippen LogP contribution is -1.99. The van der Waals surface area contributed by atoms with Crippen LogP contribution in [0, 0.1) is 20.8 Å². The first-order valence-electron chi connectivity index (χ1n) is 7.70. The topological polar surface area (TPSA) is 17.8 Å². The monoisotopic (exact) mass is 276 g/mol. The highest BCUT2D eigenvalue weighted by Crippen LogP contribution is 2.43. The van der Waals surface area contributed by atoms with Crippen LogP contribution in [0.5, 0.6) is 0 Å². The number of aryl methyl sites for hydroxylation is 2. The maximum Gasteiger partial charge on any atom is 0.0945 e. The Balaban J connectivity index is 2.13. The fourth-order valence-electron chi connectivity index (χ4n) is 3.43. The maximum atomic E-state index is 4.78. The van der Waals surface area contributed by atoms with Gasteiger partial charge in [0.15, 0.2) is 0 Å². The van der Waals surface area contributed by atoms with E-state index < -0.39 is 0 Å². The Bertz CT molecular complexity index is 824. The van der Waals surface area contributed by atoms with Gasteiger partial charge in [-0.25, -0.2) is 0 Å². The van der Waals surface area contributed by atoms with E-state index in [1.54, 1.807) is 0 Å². The number of nitrogens with zero attached hydrogens (tertiary/aromatic N) is 2. The molecule has 0 N–H and O–H groups in total. The molecule has 2 heterocycles. The summed E-state index contributed by atoms with van der Waals surface area (Å²) in [5.41, 5.74) is 7.76. The van der Waals surface area contributed by atoms with Crippen LogP contribution in [0.15, 0.2) is 36.5 Å². The van der Waals surface area contributed by atoms with Crippen LogP contribution in [0.2, 0.25) is 0 Å². The minimum absolute atomic E-state index is 0.673. The Morgan fingerprint density at radius 3 is 2.43 bits per heavy atom. The van der Waals surface area contributed by atoms with Crippen molar-refractivity contribution >= 4 is 10.9 Å². The SMILES string of the molecule is Cc1cnc(-c2ccccc2)c2c1c(C)c(C)n2C1CC1. The van der Waals surface area contributed by atoms with Crippen LogP contribution in [-0.4, -0.2) is 9.55 Å². The summed E-state index contributed by atoms with van der Waals surface area (Å²) in [6.45, 7) is 6.67. The molecule has 3 aromatic rings. The molecule has 4 rings (SSSR count). The molecule has 0 atom stereocenters. The maximum absolute atomic E-state index is 4.78. The molecule has 1 aliphatic carbocycles. The van der Waals surface area contributed by atoms with E-state index in [-0.39, 0.29) is 0 Å². The number of pyridine rings is 1. The minimum atomic E-state index is 0.673. The van der Waals surface area contributed by atoms with Gasteiger partial charge in [0.25, 0.3) is 0 Å². The third kappa shape index (κ3) is 1.82. The number of hydrogen-bond donors (Lipinski definition) is 0. The van der Waals surface area contributed by atoms with Gasteiger partial charge in [-0.3, -0.25) is 4.98 Å². The average molecular weight is 276 g/mol. The molecule has 2 aromatic heterocycles. The Labute approximate surface area is 125 Å². The quantitative estimate of drug-likeness (QED) is 0.646. The van der Waals surface area contributed by atoms with Crippen LogP contribution in [-0.2, 0) is 0 Å². The summed E-state index contributed by atoms with van der Waals surface area (Å²) in [4.78, 5) is 4.78. The van der Waals surface area contributed by atoms with E-state index in [1.165, 1.54) is 46.1 Å². The van der Waals surface area contributed by atoms with E-state index in [0.717, 1.165) is 5.69 Å². The molecule has 0 amide bonds. The number of rotatable bonds is 2. The van der Waals surface area contributed by atoms with E-state index in [2.05, 4.69) is 55.7 Å². The molecule has 0 unspecified atom stereocenters. The normalized spacial score (nSPS) is 14.8. The second-order valence-corrected chi connectivity index (χ2v) is 6.19. The van der Waals surface area contributed by atoms with E-state index in [1.807, 2.05) is 6.20 Å². The van der Waals surface area contributed by atoms with Crippen molar-refractivity contribution in [3.05, 3.63) is 53.3 Å². The summed E-state index contributed by atoms with van der Waals surface area (Å²) in [6.07, 6.45) is 4.62. The van der Waals surface area contributed by atoms with Crippen molar-refractivity contribution in [3.63, 3.8) is 0 Å². The number of aromatic nitrogens is 2. The fraction of sp³-hybridized carbons (Fsp3) is 0.316. The average Bonchev–Trinajstić information content (AvgIpc) is 3.29. The molecule has 1 aromatic carbocycles. The zero-order valence-corrected chi connectivity index (χ0v) is 12.9. The predicted octanol–water partition coefficient (Wildman–Crippen LogP) is 4.96. The molecule has 2 nitrogen and oxygen atoms in total. The molecule has 21 heavy (non-hydrogen) atoms. The van der Waals surface area contributed by atoms with Crippen molar-refractivity contribution in [3.8, 4) is 11.3 Å². The van der Waals surface area contributed by atoms with E-state index in [9.17, 15) is 0 Å². The lowest BCUT2D eigenvalue weighted by Gasteiger charge is -2.11. The molecule has 106 valence electrons. The Morgan fingerprint density at radius 2 is 1.76 bits per heavy atom. The first-order valence-corrected chi connectivity index (χ1v) is 7.70. The highest BCUT2D eigenvalue weighted by molar-refractivity contribution is 5.97. The van der Waals surface area contributed by atoms with E-state index in [4.69, 9.17) is 4.98 Å². The smallest absolute Gasteiger partial charge is 0.0945 e. The molecular formula is C19H20N2. The van der Waals surface area contributed by atoms with E-state index in [0.29, 0.717) is 6.04 Å². The van der Waals surface area contributed by atoms with Crippen molar-refractivity contribution in [2.45, 2.75) is 39.7 Å². The molecule has 0 radical (unpaired) electrons. The summed E-state index contributed by atoms with van der Waals surface area (Å²) >= 11 is 0. The van der Waals surface area contributed by atoms with Gasteiger partial charge in [0.1, 0.15) is 0 Å². The standard InChI is InChI=1S/C19H20N2/c1-12-11-20-18(15-7-5-4-6-8-15)19-17(12)13(2)14(3)21(19)16-9-10-16/h4-8,11,16H,9-10H2,1-3H3. The van der Waals surface area contributed by atoms with Crippen LogP contribution in [0.3, 0.4) is 0 Å². The summed E-state index contributed by atoms with van der Waals surface area (Å²) in [5.74, 6) is 0. The molecule has 0 saturated heterocycles. The van der Waals surface area contributed by atoms with Crippen LogP contribution < -0.4 is 0 Å². The summed E-state index contributed by atoms with van der Waals surface area (Å²) in [7, 11) is 0. The van der Waals surface area contributed by atoms with Gasteiger partial charge in [0.2, 0.25) is 0 Å². The number of fused-ring (bicyclic) bond motifs is 1. The third-order valence-electron chi connectivity index (χ3n) is 4.72.